The van der Waals surface area contributed by atoms with Crippen molar-refractivity contribution < 1.29 is 4.74 Å². The molecule has 2 rings (SSSR count). The van der Waals surface area contributed by atoms with E-state index in [4.69, 9.17) is 10.00 Å². The average molecular weight is 185 g/mol. The van der Waals surface area contributed by atoms with E-state index in [1.54, 1.807) is 13.2 Å². The molecule has 4 nitrogen and oxygen atoms in total. The first-order valence-corrected chi connectivity index (χ1v) is 4.05. The first-order chi connectivity index (χ1) is 6.85. The van der Waals surface area contributed by atoms with E-state index in [0.29, 0.717) is 17.0 Å². The number of aromatic nitrogens is 2. The molecule has 1 heterocycles. The van der Waals surface area contributed by atoms with Gasteiger partial charge < -0.3 is 4.74 Å². The quantitative estimate of drug-likeness (QED) is 0.675. The van der Waals surface area contributed by atoms with Gasteiger partial charge in [0.2, 0.25) is 0 Å². The van der Waals surface area contributed by atoms with E-state index in [2.05, 4.69) is 9.97 Å². The minimum atomic E-state index is 0.294. The molecule has 4 heteroatoms. The van der Waals surface area contributed by atoms with Crippen LogP contribution in [0.3, 0.4) is 0 Å². The van der Waals surface area contributed by atoms with Crippen molar-refractivity contribution in [3.63, 3.8) is 0 Å². The van der Waals surface area contributed by atoms with E-state index < -0.39 is 0 Å². The van der Waals surface area contributed by atoms with Crippen molar-refractivity contribution in [3.8, 4) is 11.8 Å². The highest BCUT2D eigenvalue weighted by Gasteiger charge is 2.04. The minimum absolute atomic E-state index is 0.294. The topological polar surface area (TPSA) is 58.8 Å². The van der Waals surface area contributed by atoms with Gasteiger partial charge in [0.1, 0.15) is 17.3 Å². The number of ether oxygens (including phenoxy) is 1. The van der Waals surface area contributed by atoms with E-state index in [9.17, 15) is 0 Å². The highest BCUT2D eigenvalue weighted by atomic mass is 16.5. The van der Waals surface area contributed by atoms with Crippen LogP contribution in [0.4, 0.5) is 0 Å². The lowest BCUT2D eigenvalue weighted by atomic mass is 10.2. The molecule has 68 valence electrons. The summed E-state index contributed by atoms with van der Waals surface area (Å²) in [5, 5.41) is 8.67. The molecular weight excluding hydrogens is 178 g/mol. The van der Waals surface area contributed by atoms with Gasteiger partial charge in [-0.15, -0.1) is 0 Å². The fourth-order valence-electron chi connectivity index (χ4n) is 1.23. The minimum Gasteiger partial charge on any atom is -0.494 e. The highest BCUT2D eigenvalue weighted by molar-refractivity contribution is 5.81. The predicted octanol–water partition coefficient (Wildman–Crippen LogP) is 1.51. The van der Waals surface area contributed by atoms with Crippen molar-refractivity contribution in [1.29, 1.82) is 5.26 Å². The molecule has 0 bridgehead atoms. The summed E-state index contributed by atoms with van der Waals surface area (Å²) in [7, 11) is 1.56. The zero-order valence-corrected chi connectivity index (χ0v) is 7.56. The first-order valence-electron chi connectivity index (χ1n) is 4.05. The zero-order chi connectivity index (χ0) is 9.97. The molecule has 0 amide bonds. The van der Waals surface area contributed by atoms with Crippen LogP contribution in [0, 0.1) is 11.3 Å². The summed E-state index contributed by atoms with van der Waals surface area (Å²) in [4.78, 5) is 8.21. The lowest BCUT2D eigenvalue weighted by Crippen LogP contribution is -1.91. The van der Waals surface area contributed by atoms with Crippen LogP contribution in [-0.4, -0.2) is 17.1 Å². The van der Waals surface area contributed by atoms with Crippen molar-refractivity contribution in [1.82, 2.24) is 9.97 Å². The molecule has 1 aromatic carbocycles. The Morgan fingerprint density at radius 1 is 1.43 bits per heavy atom. The molecule has 0 saturated heterocycles. The van der Waals surface area contributed by atoms with Gasteiger partial charge in [-0.25, -0.2) is 4.98 Å². The second kappa shape index (κ2) is 3.30. The SMILES string of the molecule is COc1cccc2ncc(C#N)nc12. The molecule has 0 spiro atoms. The van der Waals surface area contributed by atoms with Crippen LogP contribution in [-0.2, 0) is 0 Å². The summed E-state index contributed by atoms with van der Waals surface area (Å²) in [6, 6.07) is 7.39. The first kappa shape index (κ1) is 8.45. The normalized spacial score (nSPS) is 9.71. The van der Waals surface area contributed by atoms with E-state index in [1.807, 2.05) is 18.2 Å². The maximum atomic E-state index is 8.67. The molecule has 0 aliphatic rings. The Balaban J connectivity index is 2.78. The third kappa shape index (κ3) is 1.25. The van der Waals surface area contributed by atoms with Gasteiger partial charge in [0.25, 0.3) is 0 Å². The number of methoxy groups -OCH3 is 1. The highest BCUT2D eigenvalue weighted by Crippen LogP contribution is 2.21. The van der Waals surface area contributed by atoms with Gasteiger partial charge in [-0.3, -0.25) is 4.98 Å². The maximum Gasteiger partial charge on any atom is 0.159 e. The summed E-state index contributed by atoms with van der Waals surface area (Å²) in [6.07, 6.45) is 1.45. The van der Waals surface area contributed by atoms with Crippen molar-refractivity contribution >= 4 is 11.0 Å². The van der Waals surface area contributed by atoms with Crippen molar-refractivity contribution in [2.75, 3.05) is 7.11 Å². The molecular formula is C10H7N3O. The molecule has 0 aliphatic carbocycles. The summed E-state index contributed by atoms with van der Waals surface area (Å²) in [5.41, 5.74) is 1.64. The Hall–Kier alpha value is -2.15. The zero-order valence-electron chi connectivity index (χ0n) is 7.56. The fourth-order valence-corrected chi connectivity index (χ4v) is 1.23. The van der Waals surface area contributed by atoms with E-state index in [1.165, 1.54) is 6.20 Å². The number of nitrogens with zero attached hydrogens (tertiary/aromatic N) is 3. The number of benzene rings is 1. The molecule has 0 aliphatic heterocycles. The number of para-hydroxylation sites is 1. The van der Waals surface area contributed by atoms with Gasteiger partial charge in [0, 0.05) is 0 Å². The van der Waals surface area contributed by atoms with Crippen LogP contribution in [0.15, 0.2) is 24.4 Å². The lowest BCUT2D eigenvalue weighted by Gasteiger charge is -2.02. The molecule has 0 radical (unpaired) electrons. The van der Waals surface area contributed by atoms with E-state index >= 15 is 0 Å². The molecule has 1 aromatic heterocycles. The Kier molecular flexibility index (Phi) is 1.99. The van der Waals surface area contributed by atoms with Crippen LogP contribution in [0.2, 0.25) is 0 Å². The van der Waals surface area contributed by atoms with Crippen molar-refractivity contribution in [3.05, 3.63) is 30.1 Å². The molecule has 14 heavy (non-hydrogen) atoms. The van der Waals surface area contributed by atoms with E-state index in [0.717, 1.165) is 5.52 Å². The van der Waals surface area contributed by atoms with Crippen LogP contribution in [0.5, 0.6) is 5.75 Å². The Morgan fingerprint density at radius 3 is 3.00 bits per heavy atom. The predicted molar refractivity (Wildman–Crippen MR) is 50.8 cm³/mol. The third-order valence-corrected chi connectivity index (χ3v) is 1.87. The Bertz CT molecular complexity index is 516. The van der Waals surface area contributed by atoms with Crippen LogP contribution in [0.25, 0.3) is 11.0 Å². The number of hydrogen-bond donors (Lipinski definition) is 0. The molecule has 0 fully saturated rings. The molecule has 0 saturated carbocycles. The second-order valence-corrected chi connectivity index (χ2v) is 2.70. The Morgan fingerprint density at radius 2 is 2.29 bits per heavy atom. The monoisotopic (exact) mass is 185 g/mol. The van der Waals surface area contributed by atoms with Crippen LogP contribution < -0.4 is 4.74 Å². The van der Waals surface area contributed by atoms with Crippen molar-refractivity contribution in [2.24, 2.45) is 0 Å². The second-order valence-electron chi connectivity index (χ2n) is 2.70. The summed E-state index contributed by atoms with van der Waals surface area (Å²) in [6.45, 7) is 0. The van der Waals surface area contributed by atoms with Gasteiger partial charge in [0.05, 0.1) is 18.8 Å². The fraction of sp³-hybridized carbons (Fsp3) is 0.100. The summed E-state index contributed by atoms with van der Waals surface area (Å²) < 4.78 is 5.12. The number of rotatable bonds is 1. The number of hydrogen-bond acceptors (Lipinski definition) is 4. The maximum absolute atomic E-state index is 8.67. The van der Waals surface area contributed by atoms with Gasteiger partial charge in [-0.1, -0.05) is 6.07 Å². The smallest absolute Gasteiger partial charge is 0.159 e. The molecule has 0 atom stereocenters. The number of nitriles is 1. The van der Waals surface area contributed by atoms with E-state index in [-0.39, 0.29) is 0 Å². The summed E-state index contributed by atoms with van der Waals surface area (Å²) >= 11 is 0. The van der Waals surface area contributed by atoms with Gasteiger partial charge in [-0.2, -0.15) is 5.26 Å². The Labute approximate surface area is 80.8 Å². The summed E-state index contributed by atoms with van der Waals surface area (Å²) in [5.74, 6) is 0.632. The molecule has 0 unspecified atom stereocenters. The van der Waals surface area contributed by atoms with Crippen LogP contribution >= 0.6 is 0 Å². The van der Waals surface area contributed by atoms with Gasteiger partial charge >= 0.3 is 0 Å². The third-order valence-electron chi connectivity index (χ3n) is 1.87. The lowest BCUT2D eigenvalue weighted by molar-refractivity contribution is 0.419. The molecule has 2 aromatic rings. The molecule has 0 N–H and O–H groups in total. The van der Waals surface area contributed by atoms with Gasteiger partial charge in [-0.05, 0) is 12.1 Å². The van der Waals surface area contributed by atoms with Crippen molar-refractivity contribution in [2.45, 2.75) is 0 Å². The van der Waals surface area contributed by atoms with Gasteiger partial charge in [0.15, 0.2) is 5.69 Å². The number of fused-ring (bicyclic) bond motifs is 1. The standard InChI is InChI=1S/C10H7N3O/c1-14-9-4-2-3-8-10(9)13-7(5-11)6-12-8/h2-4,6H,1H3. The van der Waals surface area contributed by atoms with Crippen LogP contribution in [0.1, 0.15) is 5.69 Å². The largest absolute Gasteiger partial charge is 0.494 e. The average Bonchev–Trinajstić information content (AvgIpc) is 2.27.